The number of anilines is 1. The Balaban J connectivity index is 2.09. The van der Waals surface area contributed by atoms with Gasteiger partial charge in [0.05, 0.1) is 0 Å². The quantitative estimate of drug-likeness (QED) is 0.935. The number of hydrogen-bond acceptors (Lipinski definition) is 5. The van der Waals surface area contributed by atoms with Crippen molar-refractivity contribution in [3.05, 3.63) is 17.7 Å². The number of fused-ring (bicyclic) bond motifs is 1. The smallest absolute Gasteiger partial charge is 0.387 e. The zero-order valence-electron chi connectivity index (χ0n) is 11.6. The molecule has 2 aromatic rings. The van der Waals surface area contributed by atoms with Crippen molar-refractivity contribution in [2.45, 2.75) is 25.9 Å². The molecule has 8 heteroatoms. The lowest BCUT2D eigenvalue weighted by molar-refractivity contribution is -0.0489. The lowest BCUT2D eigenvalue weighted by Crippen LogP contribution is -2.29. The van der Waals surface area contributed by atoms with E-state index < -0.39 is 12.6 Å². The minimum Gasteiger partial charge on any atom is -0.478 e. The number of halogens is 2. The number of ether oxygens (including phenoxy) is 1. The number of alkyl halides is 2. The molecule has 6 nitrogen and oxygen atoms in total. The second-order valence-electron chi connectivity index (χ2n) is 5.02. The number of hydrogen-bond donors (Lipinski definition) is 1. The Hall–Kier alpha value is -2.38. The summed E-state index contributed by atoms with van der Waals surface area (Å²) in [5.41, 5.74) is -0.181. The average molecular weight is 312 g/mol. The first-order chi connectivity index (χ1) is 10.6. The molecule has 0 atom stereocenters. The Labute approximate surface area is 124 Å². The summed E-state index contributed by atoms with van der Waals surface area (Å²) in [6.07, 6.45) is 3.06. The van der Waals surface area contributed by atoms with Gasteiger partial charge in [-0.25, -0.2) is 4.79 Å². The molecule has 1 N–H and O–H groups in total. The minimum absolute atomic E-state index is 0.000716. The summed E-state index contributed by atoms with van der Waals surface area (Å²) in [5, 5.41) is 9.18. The summed E-state index contributed by atoms with van der Waals surface area (Å²) in [7, 11) is 0. The summed E-state index contributed by atoms with van der Waals surface area (Å²) >= 11 is 0. The molecule has 0 bridgehead atoms. The van der Waals surface area contributed by atoms with E-state index in [0.717, 1.165) is 32.4 Å². The van der Waals surface area contributed by atoms with Gasteiger partial charge in [0.15, 0.2) is 16.8 Å². The van der Waals surface area contributed by atoms with Gasteiger partial charge in [0.1, 0.15) is 5.56 Å². The molecule has 1 aliphatic rings. The molecule has 22 heavy (non-hydrogen) atoms. The summed E-state index contributed by atoms with van der Waals surface area (Å²) in [6, 6.07) is 2.58. The Bertz CT molecular complexity index is 695. The standard InChI is InChI=1S/C14H14F2N2O4/c15-13(16)21-9-5-4-8(12(19)20)11-10(9)17-14(22-11)18-6-2-1-3-7-18/h4-5,13H,1-3,6-7H2,(H,19,20). The van der Waals surface area contributed by atoms with Crippen LogP contribution < -0.4 is 9.64 Å². The number of carboxylic acid groups (broad SMARTS) is 1. The fourth-order valence-electron chi connectivity index (χ4n) is 2.55. The van der Waals surface area contributed by atoms with Gasteiger partial charge in [0.25, 0.3) is 6.01 Å². The van der Waals surface area contributed by atoms with Crippen LogP contribution in [0.3, 0.4) is 0 Å². The molecule has 0 spiro atoms. The van der Waals surface area contributed by atoms with E-state index in [9.17, 15) is 18.7 Å². The molecule has 3 rings (SSSR count). The second kappa shape index (κ2) is 5.78. The van der Waals surface area contributed by atoms with E-state index in [0.29, 0.717) is 0 Å². The van der Waals surface area contributed by atoms with Gasteiger partial charge in [-0.15, -0.1) is 0 Å². The first kappa shape index (κ1) is 14.6. The first-order valence-electron chi connectivity index (χ1n) is 6.93. The van der Waals surface area contributed by atoms with Crippen molar-refractivity contribution in [1.29, 1.82) is 0 Å². The number of benzene rings is 1. The maximum atomic E-state index is 12.5. The van der Waals surface area contributed by atoms with Gasteiger partial charge < -0.3 is 19.2 Å². The molecule has 1 saturated heterocycles. The van der Waals surface area contributed by atoms with Crippen LogP contribution in [0, 0.1) is 0 Å². The molecule has 1 fully saturated rings. The molecule has 1 aromatic heterocycles. The van der Waals surface area contributed by atoms with Crippen LogP contribution in [0.25, 0.3) is 11.1 Å². The second-order valence-corrected chi connectivity index (χ2v) is 5.02. The fourth-order valence-corrected chi connectivity index (χ4v) is 2.55. The Morgan fingerprint density at radius 1 is 1.32 bits per heavy atom. The normalized spacial score (nSPS) is 15.5. The van der Waals surface area contributed by atoms with E-state index in [1.807, 2.05) is 4.90 Å². The van der Waals surface area contributed by atoms with Crippen LogP contribution in [0.15, 0.2) is 16.5 Å². The zero-order valence-corrected chi connectivity index (χ0v) is 11.6. The maximum Gasteiger partial charge on any atom is 0.387 e. The Kier molecular flexibility index (Phi) is 3.82. The number of carbonyl (C=O) groups is 1. The molecule has 0 saturated carbocycles. The van der Waals surface area contributed by atoms with E-state index in [-0.39, 0.29) is 28.4 Å². The molecule has 0 amide bonds. The van der Waals surface area contributed by atoms with Crippen molar-refractivity contribution < 1.29 is 27.8 Å². The van der Waals surface area contributed by atoms with Gasteiger partial charge in [0, 0.05) is 13.1 Å². The highest BCUT2D eigenvalue weighted by atomic mass is 19.3. The predicted molar refractivity (Wildman–Crippen MR) is 73.7 cm³/mol. The molecule has 1 aromatic carbocycles. The van der Waals surface area contributed by atoms with Gasteiger partial charge in [0.2, 0.25) is 0 Å². The summed E-state index contributed by atoms with van der Waals surface area (Å²) in [6.45, 7) is -1.55. The van der Waals surface area contributed by atoms with Gasteiger partial charge >= 0.3 is 12.6 Å². The van der Waals surface area contributed by atoms with Crippen LogP contribution in [0.5, 0.6) is 5.75 Å². The van der Waals surface area contributed by atoms with Crippen molar-refractivity contribution in [1.82, 2.24) is 4.98 Å². The van der Waals surface area contributed by atoms with Crippen LogP contribution in [0.2, 0.25) is 0 Å². The first-order valence-corrected chi connectivity index (χ1v) is 6.93. The monoisotopic (exact) mass is 312 g/mol. The number of rotatable bonds is 4. The molecule has 0 unspecified atom stereocenters. The molecular weight excluding hydrogens is 298 g/mol. The number of piperidine rings is 1. The zero-order chi connectivity index (χ0) is 15.7. The van der Waals surface area contributed by atoms with Gasteiger partial charge in [-0.1, -0.05) is 0 Å². The van der Waals surface area contributed by atoms with Crippen LogP contribution in [-0.2, 0) is 0 Å². The van der Waals surface area contributed by atoms with Crippen LogP contribution in [0.1, 0.15) is 29.6 Å². The Morgan fingerprint density at radius 2 is 2.05 bits per heavy atom. The van der Waals surface area contributed by atoms with Crippen molar-refractivity contribution in [2.75, 3.05) is 18.0 Å². The molecule has 0 aliphatic carbocycles. The van der Waals surface area contributed by atoms with Crippen molar-refractivity contribution in [2.24, 2.45) is 0 Å². The van der Waals surface area contributed by atoms with Gasteiger partial charge in [-0.2, -0.15) is 13.8 Å². The number of aromatic carboxylic acids is 1. The Morgan fingerprint density at radius 3 is 2.68 bits per heavy atom. The molecule has 0 radical (unpaired) electrons. The van der Waals surface area contributed by atoms with Gasteiger partial charge in [-0.3, -0.25) is 0 Å². The fraction of sp³-hybridized carbons (Fsp3) is 0.429. The third kappa shape index (κ3) is 2.68. The molecule has 2 heterocycles. The van der Waals surface area contributed by atoms with E-state index in [1.165, 1.54) is 12.1 Å². The number of oxazole rings is 1. The van der Waals surface area contributed by atoms with E-state index in [4.69, 9.17) is 4.42 Å². The third-order valence-electron chi connectivity index (χ3n) is 3.57. The maximum absolute atomic E-state index is 12.5. The third-order valence-corrected chi connectivity index (χ3v) is 3.57. The highest BCUT2D eigenvalue weighted by Gasteiger charge is 2.23. The lowest BCUT2D eigenvalue weighted by Gasteiger charge is -2.24. The number of carboxylic acids is 1. The van der Waals surface area contributed by atoms with Crippen LogP contribution in [-0.4, -0.2) is 35.8 Å². The average Bonchev–Trinajstić information content (AvgIpc) is 2.93. The van der Waals surface area contributed by atoms with E-state index in [1.54, 1.807) is 0 Å². The lowest BCUT2D eigenvalue weighted by atomic mass is 10.1. The van der Waals surface area contributed by atoms with Crippen LogP contribution in [0.4, 0.5) is 14.8 Å². The number of aromatic nitrogens is 1. The van der Waals surface area contributed by atoms with Crippen molar-refractivity contribution >= 4 is 23.1 Å². The topological polar surface area (TPSA) is 75.8 Å². The molecular formula is C14H14F2N2O4. The molecule has 118 valence electrons. The predicted octanol–water partition coefficient (Wildman–Crippen LogP) is 3.12. The van der Waals surface area contributed by atoms with E-state index in [2.05, 4.69) is 9.72 Å². The SMILES string of the molecule is O=C(O)c1ccc(OC(F)F)c2nc(N3CCCCC3)oc12. The summed E-state index contributed by atoms with van der Waals surface area (Å²) < 4.78 is 34.9. The highest BCUT2D eigenvalue weighted by Crippen LogP contribution is 2.33. The van der Waals surface area contributed by atoms with Crippen LogP contribution >= 0.6 is 0 Å². The molecule has 1 aliphatic heterocycles. The summed E-state index contributed by atoms with van der Waals surface area (Å²) in [4.78, 5) is 17.3. The largest absolute Gasteiger partial charge is 0.478 e. The minimum atomic E-state index is -3.02. The van der Waals surface area contributed by atoms with Gasteiger partial charge in [-0.05, 0) is 31.4 Å². The van der Waals surface area contributed by atoms with Crippen molar-refractivity contribution in [3.63, 3.8) is 0 Å². The van der Waals surface area contributed by atoms with E-state index >= 15 is 0 Å². The van der Waals surface area contributed by atoms with Crippen molar-refractivity contribution in [3.8, 4) is 5.75 Å². The highest BCUT2D eigenvalue weighted by molar-refractivity contribution is 6.02. The summed E-state index contributed by atoms with van der Waals surface area (Å²) in [5.74, 6) is -1.41. The number of nitrogens with zero attached hydrogens (tertiary/aromatic N) is 2.